The number of hydrogen-bond donors (Lipinski definition) is 2. The molecule has 0 bridgehead atoms. The van der Waals surface area contributed by atoms with Crippen LogP contribution in [0.5, 0.6) is 0 Å². The Kier molecular flexibility index (Phi) is 5.14. The van der Waals surface area contributed by atoms with Crippen LogP contribution in [-0.2, 0) is 14.8 Å². The number of carbonyl (C=O) groups is 1. The Hall–Kier alpha value is -2.54. The molecular weight excluding hydrogens is 328 g/mol. The van der Waals surface area contributed by atoms with Crippen LogP contribution >= 0.6 is 0 Å². The summed E-state index contributed by atoms with van der Waals surface area (Å²) in [5.74, 6) is 0. The molecule has 2 aromatic rings. The van der Waals surface area contributed by atoms with Crippen molar-refractivity contribution in [2.45, 2.75) is 31.3 Å². The fourth-order valence-electron chi connectivity index (χ4n) is 1.86. The van der Waals surface area contributed by atoms with Crippen molar-refractivity contribution in [3.05, 3.63) is 54.6 Å². The molecule has 2 N–H and O–H groups in total. The van der Waals surface area contributed by atoms with Crippen LogP contribution in [0.2, 0.25) is 0 Å². The Balaban J connectivity index is 2.04. The molecule has 0 aliphatic heterocycles. The van der Waals surface area contributed by atoms with Crippen LogP contribution in [0, 0.1) is 0 Å². The van der Waals surface area contributed by atoms with Crippen molar-refractivity contribution in [3.8, 4) is 0 Å². The molecule has 0 radical (unpaired) electrons. The predicted octanol–water partition coefficient (Wildman–Crippen LogP) is 3.83. The first-order chi connectivity index (χ1) is 11.2. The first-order valence-electron chi connectivity index (χ1n) is 7.34. The summed E-state index contributed by atoms with van der Waals surface area (Å²) in [6, 6.07) is 14.4. The van der Waals surface area contributed by atoms with Crippen LogP contribution in [0.25, 0.3) is 0 Å². The van der Waals surface area contributed by atoms with Gasteiger partial charge in [-0.25, -0.2) is 13.2 Å². The predicted molar refractivity (Wildman–Crippen MR) is 93.5 cm³/mol. The lowest BCUT2D eigenvalue weighted by Gasteiger charge is -2.19. The molecule has 0 atom stereocenters. The molecule has 0 saturated carbocycles. The third kappa shape index (κ3) is 5.27. The molecule has 7 heteroatoms. The normalized spacial score (nSPS) is 11.6. The highest BCUT2D eigenvalue weighted by molar-refractivity contribution is 7.92. The van der Waals surface area contributed by atoms with Crippen molar-refractivity contribution in [3.63, 3.8) is 0 Å². The molecule has 1 amide bonds. The Morgan fingerprint density at radius 2 is 1.46 bits per heavy atom. The Morgan fingerprint density at radius 3 is 2.00 bits per heavy atom. The molecule has 0 heterocycles. The molecule has 2 rings (SSSR count). The van der Waals surface area contributed by atoms with E-state index in [4.69, 9.17) is 4.74 Å². The van der Waals surface area contributed by atoms with Gasteiger partial charge in [0.1, 0.15) is 5.60 Å². The minimum absolute atomic E-state index is 0.181. The van der Waals surface area contributed by atoms with Gasteiger partial charge in [0.2, 0.25) is 0 Å². The molecule has 24 heavy (non-hydrogen) atoms. The van der Waals surface area contributed by atoms with Crippen molar-refractivity contribution >= 4 is 27.5 Å². The maximum atomic E-state index is 12.2. The highest BCUT2D eigenvalue weighted by atomic mass is 32.2. The van der Waals surface area contributed by atoms with Crippen molar-refractivity contribution < 1.29 is 17.9 Å². The van der Waals surface area contributed by atoms with Gasteiger partial charge in [-0.3, -0.25) is 10.0 Å². The standard InChI is InChI=1S/C17H20N2O4S/c1-17(2,3)23-16(20)18-13-9-11-14(12-10-13)19-24(21,22)15-7-5-4-6-8-15/h4-12,19H,1-3H3,(H,18,20). The third-order valence-electron chi connectivity index (χ3n) is 2.84. The lowest BCUT2D eigenvalue weighted by atomic mass is 10.2. The van der Waals surface area contributed by atoms with E-state index in [2.05, 4.69) is 10.0 Å². The van der Waals surface area contributed by atoms with Crippen LogP contribution in [0.15, 0.2) is 59.5 Å². The maximum Gasteiger partial charge on any atom is 0.412 e. The van der Waals surface area contributed by atoms with Gasteiger partial charge in [0.05, 0.1) is 4.90 Å². The number of amides is 1. The topological polar surface area (TPSA) is 84.5 Å². The molecule has 0 fully saturated rings. The van der Waals surface area contributed by atoms with Gasteiger partial charge < -0.3 is 4.74 Å². The number of anilines is 2. The number of hydrogen-bond acceptors (Lipinski definition) is 4. The van der Waals surface area contributed by atoms with E-state index in [1.807, 2.05) is 0 Å². The summed E-state index contributed by atoms with van der Waals surface area (Å²) in [5, 5.41) is 2.58. The Labute approximate surface area is 141 Å². The van der Waals surface area contributed by atoms with E-state index in [0.29, 0.717) is 11.4 Å². The fraction of sp³-hybridized carbons (Fsp3) is 0.235. The summed E-state index contributed by atoms with van der Waals surface area (Å²) in [6.07, 6.45) is -0.569. The van der Waals surface area contributed by atoms with E-state index in [1.165, 1.54) is 12.1 Å². The molecule has 0 spiro atoms. The summed E-state index contributed by atoms with van der Waals surface area (Å²) in [6.45, 7) is 5.32. The quantitative estimate of drug-likeness (QED) is 0.879. The largest absolute Gasteiger partial charge is 0.444 e. The van der Waals surface area contributed by atoms with Crippen LogP contribution in [-0.4, -0.2) is 20.1 Å². The number of nitrogens with one attached hydrogen (secondary N) is 2. The molecule has 0 aliphatic carbocycles. The summed E-state index contributed by atoms with van der Waals surface area (Å²) in [7, 11) is -3.64. The summed E-state index contributed by atoms with van der Waals surface area (Å²) < 4.78 is 32.1. The van der Waals surface area contributed by atoms with Crippen molar-refractivity contribution in [1.82, 2.24) is 0 Å². The second-order valence-electron chi connectivity index (χ2n) is 6.12. The average molecular weight is 348 g/mol. The number of carbonyl (C=O) groups excluding carboxylic acids is 1. The number of rotatable bonds is 4. The molecule has 2 aromatic carbocycles. The molecule has 0 saturated heterocycles. The molecule has 6 nitrogen and oxygen atoms in total. The van der Waals surface area contributed by atoms with E-state index in [-0.39, 0.29) is 4.90 Å². The smallest absolute Gasteiger partial charge is 0.412 e. The van der Waals surface area contributed by atoms with Crippen LogP contribution < -0.4 is 10.0 Å². The molecular formula is C17H20N2O4S. The van der Waals surface area contributed by atoms with E-state index >= 15 is 0 Å². The van der Waals surface area contributed by atoms with Crippen molar-refractivity contribution in [2.24, 2.45) is 0 Å². The Bertz CT molecular complexity index is 795. The lowest BCUT2D eigenvalue weighted by Crippen LogP contribution is -2.27. The second-order valence-corrected chi connectivity index (χ2v) is 7.81. The Morgan fingerprint density at radius 1 is 0.917 bits per heavy atom. The zero-order valence-corrected chi connectivity index (χ0v) is 14.6. The first-order valence-corrected chi connectivity index (χ1v) is 8.82. The third-order valence-corrected chi connectivity index (χ3v) is 4.23. The summed E-state index contributed by atoms with van der Waals surface area (Å²) in [5.41, 5.74) is 0.315. The minimum atomic E-state index is -3.64. The average Bonchev–Trinajstić information content (AvgIpc) is 2.48. The van der Waals surface area contributed by atoms with E-state index in [0.717, 1.165) is 0 Å². The van der Waals surface area contributed by atoms with Gasteiger partial charge in [-0.2, -0.15) is 0 Å². The second kappa shape index (κ2) is 6.92. The van der Waals surface area contributed by atoms with Gasteiger partial charge in [-0.1, -0.05) is 18.2 Å². The molecule has 0 aromatic heterocycles. The molecule has 128 valence electrons. The van der Waals surface area contributed by atoms with Crippen molar-refractivity contribution in [1.29, 1.82) is 0 Å². The fourth-order valence-corrected chi connectivity index (χ4v) is 2.94. The van der Waals surface area contributed by atoms with E-state index in [1.54, 1.807) is 63.2 Å². The van der Waals surface area contributed by atoms with Crippen LogP contribution in [0.3, 0.4) is 0 Å². The van der Waals surface area contributed by atoms with E-state index in [9.17, 15) is 13.2 Å². The lowest BCUT2D eigenvalue weighted by molar-refractivity contribution is 0.0636. The van der Waals surface area contributed by atoms with Gasteiger partial charge in [-0.15, -0.1) is 0 Å². The van der Waals surface area contributed by atoms with Gasteiger partial charge in [0.15, 0.2) is 0 Å². The highest BCUT2D eigenvalue weighted by Gasteiger charge is 2.16. The zero-order valence-electron chi connectivity index (χ0n) is 13.7. The van der Waals surface area contributed by atoms with Crippen molar-refractivity contribution in [2.75, 3.05) is 10.0 Å². The van der Waals surface area contributed by atoms with Gasteiger partial charge in [0.25, 0.3) is 10.0 Å². The molecule has 0 aliphatic rings. The van der Waals surface area contributed by atoms with Crippen LogP contribution in [0.1, 0.15) is 20.8 Å². The van der Waals surface area contributed by atoms with Gasteiger partial charge >= 0.3 is 6.09 Å². The minimum Gasteiger partial charge on any atom is -0.444 e. The summed E-state index contributed by atoms with van der Waals surface area (Å²) >= 11 is 0. The number of ether oxygens (including phenoxy) is 1. The number of sulfonamides is 1. The van der Waals surface area contributed by atoms with Gasteiger partial charge in [-0.05, 0) is 57.2 Å². The number of benzene rings is 2. The monoisotopic (exact) mass is 348 g/mol. The first kappa shape index (κ1) is 17.8. The summed E-state index contributed by atoms with van der Waals surface area (Å²) in [4.78, 5) is 11.9. The van der Waals surface area contributed by atoms with E-state index < -0.39 is 21.7 Å². The van der Waals surface area contributed by atoms with Gasteiger partial charge in [0, 0.05) is 11.4 Å². The SMILES string of the molecule is CC(C)(C)OC(=O)Nc1ccc(NS(=O)(=O)c2ccccc2)cc1. The zero-order chi connectivity index (χ0) is 17.8. The maximum absolute atomic E-state index is 12.2. The molecule has 0 unspecified atom stereocenters. The highest BCUT2D eigenvalue weighted by Crippen LogP contribution is 2.19. The van der Waals surface area contributed by atoms with Crippen LogP contribution in [0.4, 0.5) is 16.2 Å².